The van der Waals surface area contributed by atoms with E-state index in [0.717, 1.165) is 37.2 Å². The van der Waals surface area contributed by atoms with Crippen molar-refractivity contribution in [1.82, 2.24) is 0 Å². The molecule has 0 spiro atoms. The molecule has 44 heavy (non-hydrogen) atoms. The van der Waals surface area contributed by atoms with Crippen LogP contribution in [0.25, 0.3) is 16.8 Å². The first kappa shape index (κ1) is 31.3. The number of amides is 1. The summed E-state index contributed by atoms with van der Waals surface area (Å²) in [6.45, 7) is 6.26. The minimum absolute atomic E-state index is 0.0789. The number of ether oxygens (including phenoxy) is 3. The number of fused-ring (bicyclic) bond motifs is 1. The Balaban J connectivity index is 1.47. The monoisotopic (exact) mass is 719 g/mol. The van der Waals surface area contributed by atoms with E-state index in [9.17, 15) is 14.7 Å². The zero-order chi connectivity index (χ0) is 31.2. The van der Waals surface area contributed by atoms with Gasteiger partial charge in [-0.05, 0) is 95.1 Å². The van der Waals surface area contributed by atoms with Crippen molar-refractivity contribution in [3.63, 3.8) is 0 Å². The normalized spacial score (nSPS) is 14.8. The molecule has 0 fully saturated rings. The summed E-state index contributed by atoms with van der Waals surface area (Å²) in [4.78, 5) is 30.5. The standard InChI is InChI=1S/C35H30INO6S/c1-4-41-28-18-22(17-27(36)32(28)43-20-24-14-10-13-23-12-7-9-16-26(23)24)19-29-31(38)30(35(40)42-5-2)34(44-29)37-33(39)25-15-8-6-11-21(25)3/h6-19,38H,4-5,20H2,1-3H3/b29-19-,37-34?. The van der Waals surface area contributed by atoms with Gasteiger partial charge in [0.05, 0.1) is 21.7 Å². The van der Waals surface area contributed by atoms with Gasteiger partial charge in [0.2, 0.25) is 0 Å². The summed E-state index contributed by atoms with van der Waals surface area (Å²) in [5, 5.41) is 13.5. The Morgan fingerprint density at radius 3 is 2.48 bits per heavy atom. The Hall–Kier alpha value is -4.09. The zero-order valence-corrected chi connectivity index (χ0v) is 27.4. The van der Waals surface area contributed by atoms with Gasteiger partial charge in [0.25, 0.3) is 5.91 Å². The van der Waals surface area contributed by atoms with Crippen LogP contribution in [0.1, 0.15) is 40.9 Å². The van der Waals surface area contributed by atoms with Gasteiger partial charge in [-0.1, -0.05) is 72.4 Å². The number of rotatable bonds is 9. The highest BCUT2D eigenvalue weighted by atomic mass is 127. The van der Waals surface area contributed by atoms with E-state index < -0.39 is 11.9 Å². The number of aliphatic imine (C=N–C) groups is 1. The molecule has 0 radical (unpaired) electrons. The van der Waals surface area contributed by atoms with Crippen molar-refractivity contribution in [2.45, 2.75) is 27.4 Å². The second-order valence-corrected chi connectivity index (χ2v) is 12.0. The van der Waals surface area contributed by atoms with Crippen molar-refractivity contribution < 1.29 is 28.9 Å². The number of esters is 1. The molecule has 224 valence electrons. The Bertz CT molecular complexity index is 1840. The van der Waals surface area contributed by atoms with Gasteiger partial charge in [-0.25, -0.2) is 9.79 Å². The van der Waals surface area contributed by atoms with Gasteiger partial charge in [-0.3, -0.25) is 4.79 Å². The summed E-state index contributed by atoms with van der Waals surface area (Å²) in [7, 11) is 0. The number of thioether (sulfide) groups is 1. The van der Waals surface area contributed by atoms with Crippen LogP contribution in [0.5, 0.6) is 11.5 Å². The second kappa shape index (κ2) is 14.1. The maximum Gasteiger partial charge on any atom is 0.344 e. The first-order chi connectivity index (χ1) is 21.3. The number of carbonyl (C=O) groups excluding carboxylic acids is 2. The van der Waals surface area contributed by atoms with Crippen LogP contribution >= 0.6 is 34.4 Å². The molecule has 0 unspecified atom stereocenters. The topological polar surface area (TPSA) is 94.4 Å². The van der Waals surface area contributed by atoms with Crippen LogP contribution in [0.15, 0.2) is 100 Å². The summed E-state index contributed by atoms with van der Waals surface area (Å²) in [6.07, 6.45) is 1.72. The molecule has 0 saturated heterocycles. The van der Waals surface area contributed by atoms with E-state index in [1.807, 2.05) is 62.4 Å². The number of aliphatic hydroxyl groups excluding tert-OH is 1. The first-order valence-corrected chi connectivity index (χ1v) is 15.9. The third-order valence-electron chi connectivity index (χ3n) is 6.83. The Morgan fingerprint density at radius 1 is 0.955 bits per heavy atom. The predicted molar refractivity (Wildman–Crippen MR) is 183 cm³/mol. The lowest BCUT2D eigenvalue weighted by Crippen LogP contribution is -2.14. The highest BCUT2D eigenvalue weighted by Crippen LogP contribution is 2.41. The van der Waals surface area contributed by atoms with Crippen LogP contribution in [-0.4, -0.2) is 35.2 Å². The van der Waals surface area contributed by atoms with Gasteiger partial charge < -0.3 is 19.3 Å². The van der Waals surface area contributed by atoms with Gasteiger partial charge in [0.15, 0.2) is 11.5 Å². The summed E-state index contributed by atoms with van der Waals surface area (Å²) in [6, 6.07) is 25.1. The second-order valence-electron chi connectivity index (χ2n) is 9.78. The predicted octanol–water partition coefficient (Wildman–Crippen LogP) is 8.43. The van der Waals surface area contributed by atoms with Gasteiger partial charge in [-0.15, -0.1) is 0 Å². The minimum atomic E-state index is -0.751. The smallest absolute Gasteiger partial charge is 0.344 e. The molecule has 7 nitrogen and oxygen atoms in total. The van der Waals surface area contributed by atoms with E-state index in [1.165, 1.54) is 0 Å². The molecule has 0 bridgehead atoms. The number of halogens is 1. The molecule has 1 aliphatic heterocycles. The van der Waals surface area contributed by atoms with Gasteiger partial charge in [0.1, 0.15) is 23.0 Å². The fourth-order valence-corrected chi connectivity index (χ4v) is 6.54. The molecule has 9 heteroatoms. The molecule has 1 heterocycles. The lowest BCUT2D eigenvalue weighted by molar-refractivity contribution is -0.138. The molecule has 4 aromatic carbocycles. The van der Waals surface area contributed by atoms with E-state index in [1.54, 1.807) is 25.1 Å². The largest absolute Gasteiger partial charge is 0.506 e. The third kappa shape index (κ3) is 6.84. The Kier molecular flexibility index (Phi) is 10.1. The van der Waals surface area contributed by atoms with E-state index in [2.05, 4.69) is 45.8 Å². The van der Waals surface area contributed by atoms with Gasteiger partial charge in [0, 0.05) is 5.56 Å². The molecule has 0 saturated carbocycles. The number of carbonyl (C=O) groups is 2. The van der Waals surface area contributed by atoms with Gasteiger partial charge in [-0.2, -0.15) is 0 Å². The molecule has 1 N–H and O–H groups in total. The summed E-state index contributed by atoms with van der Waals surface area (Å²) < 4.78 is 18.3. The van der Waals surface area contributed by atoms with E-state index in [-0.39, 0.29) is 23.0 Å². The molecule has 1 amide bonds. The quantitative estimate of drug-likeness (QED) is 0.137. The SMILES string of the molecule is CCOC(=O)C1=C(O)/C(=C/c2cc(I)c(OCc3cccc4ccccc34)c(OCC)c2)SC1=NC(=O)c1ccccc1C. The van der Waals surface area contributed by atoms with E-state index in [4.69, 9.17) is 14.2 Å². The minimum Gasteiger partial charge on any atom is -0.506 e. The molecule has 0 aromatic heterocycles. The van der Waals surface area contributed by atoms with Crippen LogP contribution < -0.4 is 9.47 Å². The van der Waals surface area contributed by atoms with E-state index >= 15 is 0 Å². The van der Waals surface area contributed by atoms with Crippen molar-refractivity contribution in [3.05, 3.63) is 121 Å². The van der Waals surface area contributed by atoms with E-state index in [0.29, 0.717) is 40.7 Å². The fraction of sp³-hybridized carbons (Fsp3) is 0.171. The maximum absolute atomic E-state index is 13.0. The molecule has 4 aromatic rings. The number of hydrogen-bond acceptors (Lipinski definition) is 7. The summed E-state index contributed by atoms with van der Waals surface area (Å²) in [5.74, 6) is -0.401. The number of hydrogen-bond donors (Lipinski definition) is 1. The maximum atomic E-state index is 13.0. The van der Waals surface area contributed by atoms with Gasteiger partial charge >= 0.3 is 5.97 Å². The average molecular weight is 720 g/mol. The van der Waals surface area contributed by atoms with Crippen molar-refractivity contribution >= 4 is 68.1 Å². The number of aryl methyl sites for hydroxylation is 1. The van der Waals surface area contributed by atoms with Crippen LogP contribution in [0.3, 0.4) is 0 Å². The van der Waals surface area contributed by atoms with Crippen LogP contribution in [0.2, 0.25) is 0 Å². The van der Waals surface area contributed by atoms with Crippen LogP contribution in [0, 0.1) is 10.5 Å². The molecule has 5 rings (SSSR count). The number of benzene rings is 4. The number of aliphatic hydroxyl groups is 1. The van der Waals surface area contributed by atoms with Crippen molar-refractivity contribution in [2.75, 3.05) is 13.2 Å². The Morgan fingerprint density at radius 2 is 1.70 bits per heavy atom. The molecule has 1 aliphatic rings. The molecular formula is C35H30INO6S. The average Bonchev–Trinajstić information content (AvgIpc) is 3.30. The molecule has 0 aliphatic carbocycles. The van der Waals surface area contributed by atoms with Crippen molar-refractivity contribution in [1.29, 1.82) is 0 Å². The highest BCUT2D eigenvalue weighted by molar-refractivity contribution is 14.1. The van der Waals surface area contributed by atoms with Crippen molar-refractivity contribution in [2.24, 2.45) is 4.99 Å². The van der Waals surface area contributed by atoms with Crippen molar-refractivity contribution in [3.8, 4) is 11.5 Å². The highest BCUT2D eigenvalue weighted by Gasteiger charge is 2.34. The van der Waals surface area contributed by atoms with Crippen LogP contribution in [-0.2, 0) is 16.1 Å². The molecular weight excluding hydrogens is 689 g/mol. The number of nitrogens with zero attached hydrogens (tertiary/aromatic N) is 1. The molecule has 0 atom stereocenters. The lowest BCUT2D eigenvalue weighted by atomic mass is 10.1. The first-order valence-electron chi connectivity index (χ1n) is 14.1. The van der Waals surface area contributed by atoms with Crippen LogP contribution in [0.4, 0.5) is 0 Å². The third-order valence-corrected chi connectivity index (χ3v) is 8.65. The summed E-state index contributed by atoms with van der Waals surface area (Å²) >= 11 is 3.23. The Labute approximate surface area is 273 Å². The lowest BCUT2D eigenvalue weighted by Gasteiger charge is -2.16. The summed E-state index contributed by atoms with van der Waals surface area (Å²) in [5.41, 5.74) is 2.80. The zero-order valence-electron chi connectivity index (χ0n) is 24.4. The fourth-order valence-electron chi connectivity index (χ4n) is 4.75.